The standard InChI is InChI=1S/C48H31N5/c1-5-15-32(16-6-1)41-31-42(33-17-7-2-8-18-33)51-47(50-41)35-27-25-34(26-28-35)45-44-39(38-23-13-14-24-40(38)49-45)29-30-43-46(44)52-48(36-19-9-3-10-20-36)53(43)37-21-11-4-12-22-37/h1-31H. The SMILES string of the molecule is c1ccc(-c2cc(-c3ccccc3)nc(-c3ccc(-c4nc5ccccc5c5ccc6c(nc(-c7ccccc7)n6-c6ccccc6)c45)cc3)n2)cc1. The molecule has 0 spiro atoms. The molecular formula is C48H31N5. The van der Waals surface area contributed by atoms with Crippen LogP contribution in [0.4, 0.5) is 0 Å². The number of nitrogens with zero attached hydrogens (tertiary/aromatic N) is 5. The lowest BCUT2D eigenvalue weighted by Gasteiger charge is -2.13. The Hall–Kier alpha value is -7.24. The van der Waals surface area contributed by atoms with Gasteiger partial charge in [0, 0.05) is 44.3 Å². The summed E-state index contributed by atoms with van der Waals surface area (Å²) in [5, 5.41) is 3.24. The number of fused-ring (bicyclic) bond motifs is 5. The molecule has 53 heavy (non-hydrogen) atoms. The summed E-state index contributed by atoms with van der Waals surface area (Å²) in [6.45, 7) is 0. The van der Waals surface area contributed by atoms with Crippen molar-refractivity contribution in [3.05, 3.63) is 188 Å². The Morgan fingerprint density at radius 2 is 0.925 bits per heavy atom. The number of rotatable bonds is 6. The molecule has 5 heteroatoms. The minimum absolute atomic E-state index is 0.671. The lowest BCUT2D eigenvalue weighted by Crippen LogP contribution is -1.97. The van der Waals surface area contributed by atoms with Crippen molar-refractivity contribution < 1.29 is 0 Å². The van der Waals surface area contributed by atoms with E-state index < -0.39 is 0 Å². The molecule has 0 aliphatic rings. The second-order valence-electron chi connectivity index (χ2n) is 13.1. The summed E-state index contributed by atoms with van der Waals surface area (Å²) < 4.78 is 2.26. The van der Waals surface area contributed by atoms with Gasteiger partial charge in [0.1, 0.15) is 5.82 Å². The van der Waals surface area contributed by atoms with Crippen molar-refractivity contribution in [2.24, 2.45) is 0 Å². The van der Waals surface area contributed by atoms with Gasteiger partial charge >= 0.3 is 0 Å². The Bertz CT molecular complexity index is 2850. The quantitative estimate of drug-likeness (QED) is 0.164. The van der Waals surface area contributed by atoms with Gasteiger partial charge < -0.3 is 0 Å². The van der Waals surface area contributed by atoms with Gasteiger partial charge in [-0.25, -0.2) is 19.9 Å². The maximum atomic E-state index is 5.43. The molecule has 0 fully saturated rings. The molecule has 10 rings (SSSR count). The first-order chi connectivity index (χ1) is 26.3. The van der Waals surface area contributed by atoms with E-state index >= 15 is 0 Å². The number of pyridine rings is 1. The van der Waals surface area contributed by atoms with Gasteiger partial charge in [-0.3, -0.25) is 4.57 Å². The largest absolute Gasteiger partial charge is 0.292 e. The molecule has 0 N–H and O–H groups in total. The predicted molar refractivity (Wildman–Crippen MR) is 217 cm³/mol. The molecule has 3 aromatic heterocycles. The maximum Gasteiger partial charge on any atom is 0.160 e. The van der Waals surface area contributed by atoms with Crippen molar-refractivity contribution in [3.63, 3.8) is 0 Å². The van der Waals surface area contributed by atoms with Gasteiger partial charge in [0.2, 0.25) is 0 Å². The van der Waals surface area contributed by atoms with E-state index in [-0.39, 0.29) is 0 Å². The summed E-state index contributed by atoms with van der Waals surface area (Å²) in [7, 11) is 0. The minimum atomic E-state index is 0.671. The highest BCUT2D eigenvalue weighted by atomic mass is 15.1. The van der Waals surface area contributed by atoms with E-state index in [0.29, 0.717) is 5.82 Å². The monoisotopic (exact) mass is 677 g/mol. The second-order valence-corrected chi connectivity index (χ2v) is 13.1. The van der Waals surface area contributed by atoms with Crippen LogP contribution >= 0.6 is 0 Å². The van der Waals surface area contributed by atoms with Crippen LogP contribution in [0.1, 0.15) is 0 Å². The van der Waals surface area contributed by atoms with Crippen LogP contribution in [0.15, 0.2) is 188 Å². The summed E-state index contributed by atoms with van der Waals surface area (Å²) in [4.78, 5) is 20.9. The molecule has 7 aromatic carbocycles. The van der Waals surface area contributed by atoms with Crippen molar-refractivity contribution in [1.82, 2.24) is 24.5 Å². The van der Waals surface area contributed by atoms with Gasteiger partial charge in [0.25, 0.3) is 0 Å². The third-order valence-electron chi connectivity index (χ3n) is 9.82. The second kappa shape index (κ2) is 12.8. The summed E-state index contributed by atoms with van der Waals surface area (Å²) >= 11 is 0. The van der Waals surface area contributed by atoms with Gasteiger partial charge in [-0.1, -0.05) is 158 Å². The topological polar surface area (TPSA) is 56.5 Å². The first-order valence-corrected chi connectivity index (χ1v) is 17.7. The number of imidazole rings is 1. The normalized spacial score (nSPS) is 11.4. The van der Waals surface area contributed by atoms with E-state index in [4.69, 9.17) is 19.9 Å². The molecule has 0 saturated carbocycles. The third-order valence-corrected chi connectivity index (χ3v) is 9.82. The molecule has 10 aromatic rings. The molecule has 3 heterocycles. The number of aromatic nitrogens is 5. The first kappa shape index (κ1) is 30.6. The molecule has 0 bridgehead atoms. The number of hydrogen-bond donors (Lipinski definition) is 0. The number of benzene rings is 7. The van der Waals surface area contributed by atoms with Crippen LogP contribution < -0.4 is 0 Å². The van der Waals surface area contributed by atoms with Gasteiger partial charge in [-0.15, -0.1) is 0 Å². The predicted octanol–water partition coefficient (Wildman–Crippen LogP) is 11.9. The third kappa shape index (κ3) is 5.43. The van der Waals surface area contributed by atoms with Crippen LogP contribution in [0.5, 0.6) is 0 Å². The molecule has 0 unspecified atom stereocenters. The van der Waals surface area contributed by atoms with Crippen molar-refractivity contribution in [2.45, 2.75) is 0 Å². The zero-order chi connectivity index (χ0) is 35.1. The zero-order valence-corrected chi connectivity index (χ0v) is 28.6. The zero-order valence-electron chi connectivity index (χ0n) is 28.6. The van der Waals surface area contributed by atoms with Gasteiger partial charge in [-0.2, -0.15) is 0 Å². The Labute approximate surface area is 306 Å². The molecule has 248 valence electrons. The highest BCUT2D eigenvalue weighted by Crippen LogP contribution is 2.40. The smallest absolute Gasteiger partial charge is 0.160 e. The molecule has 0 aliphatic heterocycles. The molecule has 0 amide bonds. The molecule has 0 aliphatic carbocycles. The summed E-state index contributed by atoms with van der Waals surface area (Å²) in [5.41, 5.74) is 11.6. The van der Waals surface area contributed by atoms with E-state index in [9.17, 15) is 0 Å². The van der Waals surface area contributed by atoms with Gasteiger partial charge in [-0.05, 0) is 35.7 Å². The molecule has 0 atom stereocenters. The summed E-state index contributed by atoms with van der Waals surface area (Å²) in [5.74, 6) is 1.56. The average Bonchev–Trinajstić information content (AvgIpc) is 3.65. The van der Waals surface area contributed by atoms with Crippen LogP contribution in [-0.2, 0) is 0 Å². The van der Waals surface area contributed by atoms with Crippen molar-refractivity contribution in [2.75, 3.05) is 0 Å². The Balaban J connectivity index is 1.18. The number of para-hydroxylation sites is 2. The Kier molecular flexibility index (Phi) is 7.40. The average molecular weight is 678 g/mol. The number of hydrogen-bond acceptors (Lipinski definition) is 4. The summed E-state index contributed by atoms with van der Waals surface area (Å²) in [6, 6.07) is 64.7. The van der Waals surface area contributed by atoms with Gasteiger partial charge in [0.05, 0.1) is 33.6 Å². The lowest BCUT2D eigenvalue weighted by molar-refractivity contribution is 1.10. The van der Waals surface area contributed by atoms with Crippen LogP contribution in [-0.4, -0.2) is 24.5 Å². The lowest BCUT2D eigenvalue weighted by atomic mass is 9.98. The highest BCUT2D eigenvalue weighted by molar-refractivity contribution is 6.20. The van der Waals surface area contributed by atoms with Crippen molar-refractivity contribution in [3.8, 4) is 62.2 Å². The maximum absolute atomic E-state index is 5.43. The van der Waals surface area contributed by atoms with Crippen LogP contribution in [0, 0.1) is 0 Å². The van der Waals surface area contributed by atoms with E-state index in [1.165, 1.54) is 0 Å². The molecular weight excluding hydrogens is 647 g/mol. The minimum Gasteiger partial charge on any atom is -0.292 e. The van der Waals surface area contributed by atoms with Crippen molar-refractivity contribution >= 4 is 32.7 Å². The molecule has 0 saturated heterocycles. The van der Waals surface area contributed by atoms with E-state index in [1.54, 1.807) is 0 Å². The fourth-order valence-corrected chi connectivity index (χ4v) is 7.28. The van der Waals surface area contributed by atoms with E-state index in [2.05, 4.69) is 138 Å². The highest BCUT2D eigenvalue weighted by Gasteiger charge is 2.21. The van der Waals surface area contributed by atoms with Crippen molar-refractivity contribution in [1.29, 1.82) is 0 Å². The first-order valence-electron chi connectivity index (χ1n) is 17.7. The Morgan fingerprint density at radius 1 is 0.377 bits per heavy atom. The van der Waals surface area contributed by atoms with Crippen LogP contribution in [0.3, 0.4) is 0 Å². The van der Waals surface area contributed by atoms with E-state index in [1.807, 2.05) is 54.6 Å². The summed E-state index contributed by atoms with van der Waals surface area (Å²) in [6.07, 6.45) is 0. The van der Waals surface area contributed by atoms with Crippen LogP contribution in [0.25, 0.3) is 94.9 Å². The fraction of sp³-hybridized carbons (Fsp3) is 0. The van der Waals surface area contributed by atoms with Crippen LogP contribution in [0.2, 0.25) is 0 Å². The Morgan fingerprint density at radius 3 is 1.57 bits per heavy atom. The van der Waals surface area contributed by atoms with Gasteiger partial charge in [0.15, 0.2) is 5.82 Å². The molecule has 0 radical (unpaired) electrons. The fourth-order valence-electron chi connectivity index (χ4n) is 7.28. The van der Waals surface area contributed by atoms with E-state index in [0.717, 1.165) is 89.1 Å². The molecule has 5 nitrogen and oxygen atoms in total.